The minimum Gasteiger partial charge on any atom is -0.194 e. The van der Waals surface area contributed by atoms with Gasteiger partial charge in [-0.15, -0.1) is 0 Å². The van der Waals surface area contributed by atoms with E-state index in [1.165, 1.54) is 18.7 Å². The zero-order valence-corrected chi connectivity index (χ0v) is 51.1. The second-order valence-corrected chi connectivity index (χ2v) is 33.9. The molecule has 2 aliphatic rings. The Labute approximate surface area is 492 Å². The van der Waals surface area contributed by atoms with Gasteiger partial charge < -0.3 is 0 Å². The first kappa shape index (κ1) is 75.5. The number of benzene rings is 4. The molecule has 6 rings (SSSR count). The maximum Gasteiger partial charge on any atom is 0.416 e. The normalized spacial score (nSPS) is 16.8. The van der Waals surface area contributed by atoms with Gasteiger partial charge in [0.1, 0.15) is 6.15 Å². The van der Waals surface area contributed by atoms with Gasteiger partial charge in [0.25, 0.3) is 0 Å². The summed E-state index contributed by atoms with van der Waals surface area (Å²) in [5.41, 5.74) is -30.2. The van der Waals surface area contributed by atoms with Gasteiger partial charge in [0, 0.05) is 35.3 Å². The summed E-state index contributed by atoms with van der Waals surface area (Å²) >= 11 is 0. The Morgan fingerprint density at radius 2 is 0.424 bits per heavy atom. The average Bonchev–Trinajstić information content (AvgIpc) is 1.11. The SMILES string of the molecule is C1=CC2C=CC1C2.CC(C)(C)[PH+](CC[PH+](C(C)(C)C)C(C)(C)C)C(C)(C)C.FC(F)(F)c1cc([B-](c2cc(C(F)(F)F)cc(C(F)(F)F)c2)(c2cc(C(F)(F)F)cc(C(F)(F)F)c2)c2cc(C(F)(F)F)cc(C(F)(F)F)c2)cc(C(F)(F)F)c1.[Rh]. The Hall–Kier alpha value is -3.77. The maximum atomic E-state index is 14.2. The van der Waals surface area contributed by atoms with E-state index >= 15 is 0 Å². The van der Waals surface area contributed by atoms with Crippen molar-refractivity contribution in [2.24, 2.45) is 11.8 Å². The van der Waals surface area contributed by atoms with Crippen molar-refractivity contribution in [3.8, 4) is 0 Å². The van der Waals surface area contributed by atoms with Gasteiger partial charge in [0.2, 0.25) is 0 Å². The number of hydrogen-bond donors (Lipinski definition) is 0. The van der Waals surface area contributed by atoms with E-state index in [-0.39, 0.29) is 35.3 Å². The molecule has 0 spiro atoms. The Balaban J connectivity index is 0.000000552. The van der Waals surface area contributed by atoms with Gasteiger partial charge in [-0.25, -0.2) is 0 Å². The summed E-state index contributed by atoms with van der Waals surface area (Å²) in [6.45, 7) is 29.6. The predicted molar refractivity (Wildman–Crippen MR) is 285 cm³/mol. The molecule has 2 bridgehead atoms. The zero-order valence-electron chi connectivity index (χ0n) is 47.5. The van der Waals surface area contributed by atoms with E-state index in [1.807, 2.05) is 0 Å². The topological polar surface area (TPSA) is 0 Å². The fourth-order valence-electron chi connectivity index (χ4n) is 11.4. The summed E-state index contributed by atoms with van der Waals surface area (Å²) in [5.74, 6) is 1.62. The molecule has 28 heteroatoms. The largest absolute Gasteiger partial charge is 0.416 e. The molecule has 0 amide bonds. The molecule has 85 heavy (non-hydrogen) atoms. The minimum atomic E-state index is -6.13. The molecule has 0 atom stereocenters. The first-order chi connectivity index (χ1) is 37.2. The number of fused-ring (bicyclic) bond motifs is 2. The van der Waals surface area contributed by atoms with Gasteiger partial charge in [-0.2, -0.15) is 127 Å². The predicted octanol–water partition coefficient (Wildman–Crippen LogP) is 19.6. The van der Waals surface area contributed by atoms with Crippen molar-refractivity contribution in [2.75, 3.05) is 12.3 Å². The summed E-state index contributed by atoms with van der Waals surface area (Å²) in [6, 6.07) is -8.81. The van der Waals surface area contributed by atoms with E-state index < -0.39 is 195 Å². The summed E-state index contributed by atoms with van der Waals surface area (Å²) in [6.07, 6.45) is -41.3. The summed E-state index contributed by atoms with van der Waals surface area (Å²) in [7, 11) is -0.729. The van der Waals surface area contributed by atoms with Crippen LogP contribution >= 0.6 is 15.8 Å². The van der Waals surface area contributed by atoms with Gasteiger partial charge in [0.05, 0.1) is 77.5 Å². The summed E-state index contributed by atoms with van der Waals surface area (Å²) in [4.78, 5) is 0. The van der Waals surface area contributed by atoms with Crippen LogP contribution in [0.4, 0.5) is 105 Å². The molecule has 4 aromatic carbocycles. The Morgan fingerprint density at radius 1 is 0.282 bits per heavy atom. The van der Waals surface area contributed by atoms with E-state index in [2.05, 4.69) is 107 Å². The number of hydrogen-bond acceptors (Lipinski definition) is 0. The standard InChI is InChI=1S/C32H12BF24.C18H40P2.C7H8.Rh/c34-25(35,36)13-1-14(26(37,38)39)6-21(5-13)33(22-7-15(27(40,41)42)2-16(8-22)28(43,44)45,23-9-17(29(46,47)48)3-18(10-23)30(49,50)51)24-11-19(31(52,53)54)4-20(12-24)32(55,56)57;1-15(2,3)19(16(4,5)6)13-14-20(17(7,8)9)18(10,11)12;1-2-7-4-3-6(1)5-7;/h1-12H;13-14H2,1-12H3;1-4,6-7H,5H2;/q-1;;;/p+2. The average molecular weight is 1380 g/mol. The van der Waals surface area contributed by atoms with Crippen molar-refractivity contribution in [2.45, 2.75) is 160 Å². The number of alkyl halides is 24. The van der Waals surface area contributed by atoms with Crippen LogP contribution in [0.2, 0.25) is 0 Å². The van der Waals surface area contributed by atoms with Crippen LogP contribution in [0.15, 0.2) is 97.1 Å². The van der Waals surface area contributed by atoms with Crippen molar-refractivity contribution in [1.82, 2.24) is 0 Å². The fraction of sp³-hybridized carbons (Fsp3) is 0.509. The van der Waals surface area contributed by atoms with E-state index in [4.69, 9.17) is 0 Å². The Kier molecular flexibility index (Phi) is 22.4. The molecule has 0 N–H and O–H groups in total. The molecule has 0 aliphatic heterocycles. The molecule has 2 aliphatic carbocycles. The molecule has 1 radical (unpaired) electrons. The third-order valence-corrected chi connectivity index (χ3v) is 23.7. The van der Waals surface area contributed by atoms with Crippen LogP contribution in [-0.4, -0.2) is 39.1 Å². The van der Waals surface area contributed by atoms with Crippen LogP contribution in [0.25, 0.3) is 0 Å². The molecule has 0 saturated carbocycles. The summed E-state index contributed by atoms with van der Waals surface area (Å²) in [5, 5.41) is 2.02. The molecule has 0 fully saturated rings. The second kappa shape index (κ2) is 25.2. The molecule has 0 aromatic heterocycles. The van der Waals surface area contributed by atoms with Crippen LogP contribution in [0, 0.1) is 11.8 Å². The van der Waals surface area contributed by atoms with E-state index in [1.54, 1.807) is 0 Å². The smallest absolute Gasteiger partial charge is 0.194 e. The molecule has 0 saturated heterocycles. The Morgan fingerprint density at radius 3 is 0.518 bits per heavy atom. The second-order valence-electron chi connectivity index (χ2n) is 25.0. The molecule has 0 unspecified atom stereocenters. The van der Waals surface area contributed by atoms with Gasteiger partial charge in [0.15, 0.2) is 0 Å². The van der Waals surface area contributed by atoms with Crippen LogP contribution in [-0.2, 0) is 68.9 Å². The van der Waals surface area contributed by atoms with Crippen molar-refractivity contribution in [1.29, 1.82) is 0 Å². The van der Waals surface area contributed by atoms with Gasteiger partial charge in [-0.05, 0) is 126 Å². The monoisotopic (exact) mass is 1380 g/mol. The van der Waals surface area contributed by atoms with E-state index in [0.717, 1.165) is 11.8 Å². The first-order valence-corrected chi connectivity index (χ1v) is 29.1. The van der Waals surface area contributed by atoms with Crippen LogP contribution in [0.5, 0.6) is 0 Å². The van der Waals surface area contributed by atoms with Crippen molar-refractivity contribution in [3.05, 3.63) is 142 Å². The van der Waals surface area contributed by atoms with Crippen LogP contribution in [0.3, 0.4) is 0 Å². The third kappa shape index (κ3) is 19.4. The fourth-order valence-corrected chi connectivity index (χ4v) is 20.9. The maximum absolute atomic E-state index is 14.2. The van der Waals surface area contributed by atoms with E-state index in [9.17, 15) is 105 Å². The quantitative estimate of drug-likeness (QED) is 0.0749. The molecular formula is C57H62BF24P2Rh+. The van der Waals surface area contributed by atoms with E-state index in [0.29, 0.717) is 20.6 Å². The molecular weight excluding hydrogens is 1320 g/mol. The van der Waals surface area contributed by atoms with Gasteiger partial charge in [-0.3, -0.25) is 0 Å². The molecule has 0 nitrogen and oxygen atoms in total. The Bertz CT molecular complexity index is 2470. The van der Waals surface area contributed by atoms with Crippen LogP contribution < -0.4 is 21.9 Å². The minimum absolute atomic E-state index is 0. The van der Waals surface area contributed by atoms with Gasteiger partial charge >= 0.3 is 49.4 Å². The molecule has 4 aromatic rings. The molecule has 0 heterocycles. The number of halogens is 24. The summed E-state index contributed by atoms with van der Waals surface area (Å²) < 4.78 is 341. The van der Waals surface area contributed by atoms with Gasteiger partial charge in [-0.1, -0.05) is 72.8 Å². The molecule has 479 valence electrons. The van der Waals surface area contributed by atoms with Crippen molar-refractivity contribution < 1.29 is 125 Å². The third-order valence-electron chi connectivity index (χ3n) is 14.4. The first-order valence-electron chi connectivity index (χ1n) is 25.6. The van der Waals surface area contributed by atoms with Crippen LogP contribution in [0.1, 0.15) is 134 Å². The van der Waals surface area contributed by atoms with Crippen molar-refractivity contribution in [3.63, 3.8) is 0 Å². The zero-order chi connectivity index (χ0) is 65.2. The number of allylic oxidation sites excluding steroid dienone is 4. The van der Waals surface area contributed by atoms with Crippen molar-refractivity contribution >= 4 is 43.8 Å². The number of rotatable bonds is 7.